The first kappa shape index (κ1) is 15.0. The van der Waals surface area contributed by atoms with Gasteiger partial charge in [-0.1, -0.05) is 24.3 Å². The average Bonchev–Trinajstić information content (AvgIpc) is 2.47. The minimum atomic E-state index is 0.250. The summed E-state index contributed by atoms with van der Waals surface area (Å²) in [5, 5.41) is 0. The molecule has 0 spiro atoms. The third-order valence-electron chi connectivity index (χ3n) is 4.17. The molecule has 3 heteroatoms. The van der Waals surface area contributed by atoms with Gasteiger partial charge in [-0.3, -0.25) is 4.79 Å². The molecule has 2 rings (SSSR count). The molecule has 1 saturated heterocycles. The zero-order valence-corrected chi connectivity index (χ0v) is 12.6. The summed E-state index contributed by atoms with van der Waals surface area (Å²) >= 11 is 0. The molecule has 0 aromatic heterocycles. The lowest BCUT2D eigenvalue weighted by molar-refractivity contribution is -0.130. The third kappa shape index (κ3) is 4.34. The van der Waals surface area contributed by atoms with Crippen molar-refractivity contribution in [2.75, 3.05) is 26.8 Å². The molecule has 1 fully saturated rings. The number of rotatable bonds is 5. The molecule has 1 amide bonds. The normalized spacial score (nSPS) is 16.1. The monoisotopic (exact) mass is 275 g/mol. The van der Waals surface area contributed by atoms with Crippen molar-refractivity contribution in [2.45, 2.75) is 32.6 Å². The molecule has 1 heterocycles. The van der Waals surface area contributed by atoms with Crippen molar-refractivity contribution < 1.29 is 9.53 Å². The van der Waals surface area contributed by atoms with Gasteiger partial charge in [0.1, 0.15) is 0 Å². The fraction of sp³-hybridized carbons (Fsp3) is 0.588. The number of hydrogen-bond donors (Lipinski definition) is 0. The summed E-state index contributed by atoms with van der Waals surface area (Å²) in [4.78, 5) is 14.1. The van der Waals surface area contributed by atoms with Gasteiger partial charge in [0.05, 0.1) is 0 Å². The van der Waals surface area contributed by atoms with E-state index in [0.29, 0.717) is 12.3 Å². The van der Waals surface area contributed by atoms with Crippen LogP contribution in [0.1, 0.15) is 30.4 Å². The van der Waals surface area contributed by atoms with Crippen LogP contribution in [0, 0.1) is 12.8 Å². The van der Waals surface area contributed by atoms with E-state index in [-0.39, 0.29) is 5.91 Å². The molecule has 0 radical (unpaired) electrons. The van der Waals surface area contributed by atoms with Crippen LogP contribution in [0.2, 0.25) is 0 Å². The van der Waals surface area contributed by atoms with Gasteiger partial charge < -0.3 is 9.64 Å². The fourth-order valence-electron chi connectivity index (χ4n) is 2.74. The van der Waals surface area contributed by atoms with E-state index in [4.69, 9.17) is 4.74 Å². The molecule has 0 saturated carbocycles. The first-order valence-corrected chi connectivity index (χ1v) is 7.53. The van der Waals surface area contributed by atoms with Crippen LogP contribution < -0.4 is 0 Å². The second-order valence-electron chi connectivity index (χ2n) is 5.76. The van der Waals surface area contributed by atoms with Crippen LogP contribution in [-0.4, -0.2) is 37.6 Å². The number of carbonyl (C=O) groups is 1. The Hall–Kier alpha value is -1.35. The molecular formula is C17H25NO2. The third-order valence-corrected chi connectivity index (χ3v) is 4.17. The van der Waals surface area contributed by atoms with Crippen LogP contribution in [0.5, 0.6) is 0 Å². The first-order chi connectivity index (χ1) is 9.66. The molecule has 1 aliphatic rings. The first-order valence-electron chi connectivity index (χ1n) is 7.53. The minimum absolute atomic E-state index is 0.250. The van der Waals surface area contributed by atoms with E-state index >= 15 is 0 Å². The Balaban J connectivity index is 1.77. The zero-order chi connectivity index (χ0) is 14.4. The topological polar surface area (TPSA) is 29.5 Å². The van der Waals surface area contributed by atoms with Crippen LogP contribution in [0.15, 0.2) is 24.3 Å². The van der Waals surface area contributed by atoms with Crippen molar-refractivity contribution in [1.82, 2.24) is 4.90 Å². The molecular weight excluding hydrogens is 250 g/mol. The van der Waals surface area contributed by atoms with Crippen LogP contribution in [0.4, 0.5) is 0 Å². The van der Waals surface area contributed by atoms with E-state index in [9.17, 15) is 4.79 Å². The lowest BCUT2D eigenvalue weighted by Gasteiger charge is -2.27. The number of nitrogens with zero attached hydrogens (tertiary/aromatic N) is 1. The van der Waals surface area contributed by atoms with E-state index in [2.05, 4.69) is 19.1 Å². The Morgan fingerprint density at radius 1 is 1.30 bits per heavy atom. The zero-order valence-electron chi connectivity index (χ0n) is 12.6. The largest absolute Gasteiger partial charge is 0.381 e. The molecule has 0 bridgehead atoms. The second kappa shape index (κ2) is 7.44. The van der Waals surface area contributed by atoms with Crippen molar-refractivity contribution in [3.8, 4) is 0 Å². The Bertz CT molecular complexity index is 438. The molecule has 0 unspecified atom stereocenters. The maximum Gasteiger partial charge on any atom is 0.222 e. The van der Waals surface area contributed by atoms with Gasteiger partial charge in [-0.15, -0.1) is 0 Å². The lowest BCUT2D eigenvalue weighted by Crippen LogP contribution is -2.34. The number of amides is 1. The second-order valence-corrected chi connectivity index (χ2v) is 5.76. The highest BCUT2D eigenvalue weighted by atomic mass is 16.5. The summed E-state index contributed by atoms with van der Waals surface area (Å²) in [5.74, 6) is 0.857. The standard InChI is InChI=1S/C17H25NO2/c1-14-5-3-4-6-16(14)7-8-17(19)18(2)13-15-9-11-20-12-10-15/h3-6,15H,7-13H2,1-2H3. The van der Waals surface area contributed by atoms with Gasteiger partial charge >= 0.3 is 0 Å². The molecule has 1 aromatic rings. The molecule has 0 aliphatic carbocycles. The predicted molar refractivity (Wildman–Crippen MR) is 80.7 cm³/mol. The quantitative estimate of drug-likeness (QED) is 0.827. The summed E-state index contributed by atoms with van der Waals surface area (Å²) < 4.78 is 5.36. The van der Waals surface area contributed by atoms with E-state index < -0.39 is 0 Å². The van der Waals surface area contributed by atoms with Crippen LogP contribution in [0.3, 0.4) is 0 Å². The van der Waals surface area contributed by atoms with Crippen molar-refractivity contribution in [1.29, 1.82) is 0 Å². The maximum atomic E-state index is 12.2. The number of hydrogen-bond acceptors (Lipinski definition) is 2. The highest BCUT2D eigenvalue weighted by molar-refractivity contribution is 5.76. The Labute approximate surface area is 121 Å². The molecule has 1 aliphatic heterocycles. The highest BCUT2D eigenvalue weighted by Crippen LogP contribution is 2.16. The fourth-order valence-corrected chi connectivity index (χ4v) is 2.74. The van der Waals surface area contributed by atoms with Crippen LogP contribution >= 0.6 is 0 Å². The summed E-state index contributed by atoms with van der Waals surface area (Å²) in [6.07, 6.45) is 3.60. The molecule has 3 nitrogen and oxygen atoms in total. The van der Waals surface area contributed by atoms with Crippen LogP contribution in [0.25, 0.3) is 0 Å². The van der Waals surface area contributed by atoms with Gasteiger partial charge in [-0.05, 0) is 43.2 Å². The summed E-state index contributed by atoms with van der Waals surface area (Å²) in [6, 6.07) is 8.29. The molecule has 1 aromatic carbocycles. The van der Waals surface area contributed by atoms with Crippen LogP contribution in [-0.2, 0) is 16.0 Å². The lowest BCUT2D eigenvalue weighted by atomic mass is 9.99. The highest BCUT2D eigenvalue weighted by Gasteiger charge is 2.18. The number of carbonyl (C=O) groups excluding carboxylic acids is 1. The van der Waals surface area contributed by atoms with E-state index in [1.54, 1.807) is 0 Å². The Morgan fingerprint density at radius 2 is 2.00 bits per heavy atom. The van der Waals surface area contributed by atoms with Gasteiger partial charge in [0, 0.05) is 33.2 Å². The van der Waals surface area contributed by atoms with Crippen molar-refractivity contribution in [3.63, 3.8) is 0 Å². The van der Waals surface area contributed by atoms with Gasteiger partial charge in [-0.25, -0.2) is 0 Å². The average molecular weight is 275 g/mol. The number of aryl methyl sites for hydroxylation is 2. The summed E-state index contributed by atoms with van der Waals surface area (Å²) in [7, 11) is 1.93. The minimum Gasteiger partial charge on any atom is -0.381 e. The van der Waals surface area contributed by atoms with E-state index in [1.165, 1.54) is 11.1 Å². The van der Waals surface area contributed by atoms with Gasteiger partial charge in [0.15, 0.2) is 0 Å². The van der Waals surface area contributed by atoms with Crippen molar-refractivity contribution in [2.24, 2.45) is 5.92 Å². The van der Waals surface area contributed by atoms with Gasteiger partial charge in [-0.2, -0.15) is 0 Å². The smallest absolute Gasteiger partial charge is 0.222 e. The number of benzene rings is 1. The predicted octanol–water partition coefficient (Wildman–Crippen LogP) is 2.81. The molecule has 0 atom stereocenters. The van der Waals surface area contributed by atoms with Crippen molar-refractivity contribution in [3.05, 3.63) is 35.4 Å². The molecule has 0 N–H and O–H groups in total. The number of ether oxygens (including phenoxy) is 1. The van der Waals surface area contributed by atoms with Gasteiger partial charge in [0.25, 0.3) is 0 Å². The summed E-state index contributed by atoms with van der Waals surface area (Å²) in [6.45, 7) is 4.66. The van der Waals surface area contributed by atoms with Crippen molar-refractivity contribution >= 4 is 5.91 Å². The maximum absolute atomic E-state index is 12.2. The van der Waals surface area contributed by atoms with E-state index in [1.807, 2.05) is 24.1 Å². The molecule has 110 valence electrons. The SMILES string of the molecule is Cc1ccccc1CCC(=O)N(C)CC1CCOCC1. The Morgan fingerprint density at radius 3 is 2.70 bits per heavy atom. The Kier molecular flexibility index (Phi) is 5.60. The van der Waals surface area contributed by atoms with E-state index in [0.717, 1.165) is 39.0 Å². The summed E-state index contributed by atoms with van der Waals surface area (Å²) in [5.41, 5.74) is 2.55. The molecule has 20 heavy (non-hydrogen) atoms. The van der Waals surface area contributed by atoms with Gasteiger partial charge in [0.2, 0.25) is 5.91 Å².